The van der Waals surface area contributed by atoms with Crippen LogP contribution in [0.1, 0.15) is 45.6 Å². The molecular weight excluding hydrogens is 537 g/mol. The second kappa shape index (κ2) is 13.9. The van der Waals surface area contributed by atoms with Crippen molar-refractivity contribution in [2.45, 2.75) is 58.7 Å². The summed E-state index contributed by atoms with van der Waals surface area (Å²) in [5, 5.41) is 3.66. The van der Waals surface area contributed by atoms with Gasteiger partial charge in [-0.05, 0) is 51.0 Å². The predicted molar refractivity (Wildman–Crippen MR) is 149 cm³/mol. The maximum absolute atomic E-state index is 13.5. The largest absolute Gasteiger partial charge is 0.497 e. The maximum Gasteiger partial charge on any atom is 0.243 e. The summed E-state index contributed by atoms with van der Waals surface area (Å²) >= 11 is 12.7. The van der Waals surface area contributed by atoms with E-state index in [1.165, 1.54) is 16.3 Å². The van der Waals surface area contributed by atoms with Gasteiger partial charge in [-0.15, -0.1) is 0 Å². The molecule has 1 atom stereocenters. The highest BCUT2D eigenvalue weighted by molar-refractivity contribution is 7.92. The van der Waals surface area contributed by atoms with Gasteiger partial charge in [0.25, 0.3) is 0 Å². The Morgan fingerprint density at radius 2 is 1.70 bits per heavy atom. The Morgan fingerprint density at radius 3 is 2.24 bits per heavy atom. The molecular formula is C26H35Cl2N3O5S. The smallest absolute Gasteiger partial charge is 0.243 e. The van der Waals surface area contributed by atoms with E-state index in [2.05, 4.69) is 5.32 Å². The van der Waals surface area contributed by atoms with Crippen LogP contribution in [0.4, 0.5) is 5.69 Å². The number of benzene rings is 2. The zero-order valence-electron chi connectivity index (χ0n) is 21.8. The Hall–Kier alpha value is -2.49. The summed E-state index contributed by atoms with van der Waals surface area (Å²) in [6, 6.07) is 10.9. The highest BCUT2D eigenvalue weighted by Crippen LogP contribution is 2.28. The van der Waals surface area contributed by atoms with Crippen LogP contribution in [0.3, 0.4) is 0 Å². The molecule has 37 heavy (non-hydrogen) atoms. The molecule has 11 heteroatoms. The van der Waals surface area contributed by atoms with Gasteiger partial charge in [0.15, 0.2) is 0 Å². The van der Waals surface area contributed by atoms with Crippen molar-refractivity contribution < 1.29 is 22.7 Å². The molecule has 204 valence electrons. The van der Waals surface area contributed by atoms with Crippen LogP contribution in [-0.2, 0) is 26.2 Å². The predicted octanol–water partition coefficient (Wildman–Crippen LogP) is 4.88. The first-order valence-corrected chi connectivity index (χ1v) is 14.6. The van der Waals surface area contributed by atoms with Gasteiger partial charge in [0.1, 0.15) is 11.8 Å². The third kappa shape index (κ3) is 8.79. The topological polar surface area (TPSA) is 96.0 Å². The Bertz CT molecular complexity index is 1170. The minimum absolute atomic E-state index is 0.0174. The number of halogens is 2. The van der Waals surface area contributed by atoms with E-state index < -0.39 is 16.1 Å². The molecule has 0 spiro atoms. The maximum atomic E-state index is 13.5. The van der Waals surface area contributed by atoms with Gasteiger partial charge in [0, 0.05) is 47.2 Å². The van der Waals surface area contributed by atoms with Crippen LogP contribution in [0.15, 0.2) is 42.5 Å². The van der Waals surface area contributed by atoms with Crippen molar-refractivity contribution in [3.8, 4) is 5.75 Å². The Labute approximate surface area is 229 Å². The number of hydrogen-bond acceptors (Lipinski definition) is 5. The molecule has 0 unspecified atom stereocenters. The lowest BCUT2D eigenvalue weighted by Gasteiger charge is -2.32. The lowest BCUT2D eigenvalue weighted by atomic mass is 10.1. The molecule has 0 bridgehead atoms. The van der Waals surface area contributed by atoms with Crippen LogP contribution in [0, 0.1) is 0 Å². The molecule has 2 rings (SSSR count). The zero-order chi connectivity index (χ0) is 27.8. The van der Waals surface area contributed by atoms with E-state index >= 15 is 0 Å². The van der Waals surface area contributed by atoms with Gasteiger partial charge >= 0.3 is 0 Å². The van der Waals surface area contributed by atoms with Gasteiger partial charge in [0.2, 0.25) is 21.8 Å². The molecule has 0 fully saturated rings. The minimum atomic E-state index is -3.61. The SMILES string of the molecule is CC[C@@H](C(=O)NC(C)C)N(Cc1c(Cl)cccc1Cl)C(=O)CCCN(c1cccc(OC)c1)S(C)(=O)=O. The summed E-state index contributed by atoms with van der Waals surface area (Å²) in [5.74, 6) is -0.0593. The summed E-state index contributed by atoms with van der Waals surface area (Å²) < 4.78 is 31.5. The summed E-state index contributed by atoms with van der Waals surface area (Å²) in [4.78, 5) is 28.0. The van der Waals surface area contributed by atoms with Crippen molar-refractivity contribution in [2.24, 2.45) is 0 Å². The monoisotopic (exact) mass is 571 g/mol. The second-order valence-corrected chi connectivity index (χ2v) is 11.7. The Kier molecular flexibility index (Phi) is 11.5. The number of methoxy groups -OCH3 is 1. The molecule has 2 aromatic rings. The molecule has 0 saturated carbocycles. The normalized spacial score (nSPS) is 12.2. The number of nitrogens with zero attached hydrogens (tertiary/aromatic N) is 2. The van der Waals surface area contributed by atoms with Crippen LogP contribution >= 0.6 is 23.2 Å². The first kappa shape index (κ1) is 30.7. The lowest BCUT2D eigenvalue weighted by Crippen LogP contribution is -2.50. The Balaban J connectivity index is 2.28. The number of amides is 2. The summed E-state index contributed by atoms with van der Waals surface area (Å²) in [5.41, 5.74) is 0.987. The van der Waals surface area contributed by atoms with Gasteiger partial charge in [-0.25, -0.2) is 8.42 Å². The van der Waals surface area contributed by atoms with Crippen molar-refractivity contribution in [1.29, 1.82) is 0 Å². The summed E-state index contributed by atoms with van der Waals surface area (Å²) in [6.45, 7) is 5.65. The molecule has 0 aliphatic carbocycles. The highest BCUT2D eigenvalue weighted by Gasteiger charge is 2.30. The van der Waals surface area contributed by atoms with E-state index in [0.29, 0.717) is 33.5 Å². The van der Waals surface area contributed by atoms with E-state index in [1.54, 1.807) is 42.5 Å². The van der Waals surface area contributed by atoms with Crippen molar-refractivity contribution in [3.05, 3.63) is 58.1 Å². The van der Waals surface area contributed by atoms with Crippen molar-refractivity contribution in [1.82, 2.24) is 10.2 Å². The van der Waals surface area contributed by atoms with Crippen LogP contribution < -0.4 is 14.4 Å². The third-order valence-corrected chi connectivity index (χ3v) is 7.60. The van der Waals surface area contributed by atoms with E-state index in [-0.39, 0.29) is 43.8 Å². The molecule has 2 aromatic carbocycles. The number of anilines is 1. The molecule has 0 aliphatic heterocycles. The van der Waals surface area contributed by atoms with Gasteiger partial charge in [-0.2, -0.15) is 0 Å². The van der Waals surface area contributed by atoms with Crippen LogP contribution in [-0.4, -0.2) is 57.1 Å². The fourth-order valence-corrected chi connectivity index (χ4v) is 5.40. The molecule has 8 nitrogen and oxygen atoms in total. The standard InChI is InChI=1S/C26H35Cl2N3O5S/c1-6-24(26(33)29-18(2)3)30(17-21-22(27)12-8-13-23(21)28)25(32)14-9-15-31(37(5,34)35)19-10-7-11-20(16-19)36-4/h7-8,10-13,16,18,24H,6,9,14-15,17H2,1-5H3,(H,29,33)/t24-/m0/s1. The molecule has 0 saturated heterocycles. The number of rotatable bonds is 13. The Morgan fingerprint density at radius 1 is 1.08 bits per heavy atom. The summed E-state index contributed by atoms with van der Waals surface area (Å²) in [7, 11) is -2.11. The number of hydrogen-bond donors (Lipinski definition) is 1. The molecule has 0 heterocycles. The fourth-order valence-electron chi connectivity index (χ4n) is 3.92. The van der Waals surface area contributed by atoms with Crippen molar-refractivity contribution in [3.63, 3.8) is 0 Å². The number of nitrogens with one attached hydrogen (secondary N) is 1. The first-order valence-electron chi connectivity index (χ1n) is 12.0. The fraction of sp³-hybridized carbons (Fsp3) is 0.462. The van der Waals surface area contributed by atoms with Crippen molar-refractivity contribution >= 4 is 50.7 Å². The zero-order valence-corrected chi connectivity index (χ0v) is 24.2. The number of carbonyl (C=O) groups is 2. The number of carbonyl (C=O) groups excluding carboxylic acids is 2. The molecule has 1 N–H and O–H groups in total. The van der Waals surface area contributed by atoms with Crippen LogP contribution in [0.2, 0.25) is 10.0 Å². The quantitative estimate of drug-likeness (QED) is 0.369. The average Bonchev–Trinajstić information content (AvgIpc) is 2.82. The van der Waals surface area contributed by atoms with E-state index in [0.717, 1.165) is 6.26 Å². The van der Waals surface area contributed by atoms with Crippen molar-refractivity contribution in [2.75, 3.05) is 24.2 Å². The minimum Gasteiger partial charge on any atom is -0.497 e. The second-order valence-electron chi connectivity index (χ2n) is 8.95. The van der Waals surface area contributed by atoms with Crippen LogP contribution in [0.5, 0.6) is 5.75 Å². The average molecular weight is 573 g/mol. The first-order chi connectivity index (χ1) is 17.4. The molecule has 0 aromatic heterocycles. The lowest BCUT2D eigenvalue weighted by molar-refractivity contribution is -0.141. The van der Waals surface area contributed by atoms with Gasteiger partial charge in [0.05, 0.1) is 19.1 Å². The van der Waals surface area contributed by atoms with Gasteiger partial charge in [-0.3, -0.25) is 13.9 Å². The van der Waals surface area contributed by atoms with Gasteiger partial charge < -0.3 is 15.0 Å². The third-order valence-electron chi connectivity index (χ3n) is 5.70. The molecule has 0 aliphatic rings. The van der Waals surface area contributed by atoms with Crippen LogP contribution in [0.25, 0.3) is 0 Å². The number of sulfonamides is 1. The van der Waals surface area contributed by atoms with Gasteiger partial charge in [-0.1, -0.05) is 42.3 Å². The molecule has 2 amide bonds. The molecule has 0 radical (unpaired) electrons. The summed E-state index contributed by atoms with van der Waals surface area (Å²) in [6.07, 6.45) is 1.75. The number of ether oxygens (including phenoxy) is 1. The van der Waals surface area contributed by atoms with E-state index in [4.69, 9.17) is 27.9 Å². The van der Waals surface area contributed by atoms with E-state index in [9.17, 15) is 18.0 Å². The highest BCUT2D eigenvalue weighted by atomic mass is 35.5. The van der Waals surface area contributed by atoms with E-state index in [1.807, 2.05) is 20.8 Å².